The summed E-state index contributed by atoms with van der Waals surface area (Å²) in [5.41, 5.74) is 0.757. The van der Waals surface area contributed by atoms with Gasteiger partial charge in [-0.3, -0.25) is 9.59 Å². The lowest BCUT2D eigenvalue weighted by Gasteiger charge is -2.10. The maximum Gasteiger partial charge on any atom is 0.285 e. The zero-order chi connectivity index (χ0) is 16.3. The van der Waals surface area contributed by atoms with Gasteiger partial charge in [0.15, 0.2) is 5.15 Å². The minimum Gasteiger partial charge on any atom is -0.322 e. The summed E-state index contributed by atoms with van der Waals surface area (Å²) < 4.78 is 0.959. The molecule has 0 aliphatic carbocycles. The molecule has 0 aromatic carbocycles. The Hall–Kier alpha value is -2.72. The van der Waals surface area contributed by atoms with Crippen LogP contribution in [0.15, 0.2) is 23.1 Å². The number of pyridine rings is 1. The van der Waals surface area contributed by atoms with Crippen LogP contribution < -0.4 is 10.9 Å². The molecule has 2 aromatic rings. The highest BCUT2D eigenvalue weighted by atomic mass is 35.5. The van der Waals surface area contributed by atoms with E-state index in [1.807, 2.05) is 6.07 Å². The van der Waals surface area contributed by atoms with E-state index in [9.17, 15) is 9.59 Å². The number of hydrogen-bond donors (Lipinski definition) is 1. The highest BCUT2D eigenvalue weighted by Crippen LogP contribution is 2.17. The van der Waals surface area contributed by atoms with Crippen molar-refractivity contribution >= 4 is 23.2 Å². The van der Waals surface area contributed by atoms with Crippen molar-refractivity contribution in [2.24, 2.45) is 0 Å². The van der Waals surface area contributed by atoms with Crippen LogP contribution in [0.2, 0.25) is 5.15 Å². The first-order valence-corrected chi connectivity index (χ1v) is 6.70. The molecule has 2 heterocycles. The lowest BCUT2D eigenvalue weighted by atomic mass is 10.1. The van der Waals surface area contributed by atoms with Crippen LogP contribution in [-0.4, -0.2) is 20.7 Å². The molecule has 8 heteroatoms. The van der Waals surface area contributed by atoms with Gasteiger partial charge in [-0.1, -0.05) is 11.6 Å². The molecule has 0 aliphatic heterocycles. The Bertz CT molecular complexity index is 838. The van der Waals surface area contributed by atoms with E-state index in [0.717, 1.165) is 4.68 Å². The van der Waals surface area contributed by atoms with E-state index in [4.69, 9.17) is 16.9 Å². The van der Waals surface area contributed by atoms with Gasteiger partial charge in [0.1, 0.15) is 18.2 Å². The second-order valence-corrected chi connectivity index (χ2v) is 4.91. The third-order valence-corrected chi connectivity index (χ3v) is 3.38. The normalized spacial score (nSPS) is 10.1. The average molecular weight is 318 g/mol. The summed E-state index contributed by atoms with van der Waals surface area (Å²) in [6.45, 7) is 2.99. The topological polar surface area (TPSA) is 101 Å². The van der Waals surface area contributed by atoms with E-state index in [1.165, 1.54) is 6.20 Å². The number of rotatable bonds is 3. The zero-order valence-electron chi connectivity index (χ0n) is 11.9. The number of nitrogens with one attached hydrogen (secondary N) is 1. The fraction of sp³-hybridized carbons (Fsp3) is 0.214. The van der Waals surface area contributed by atoms with Crippen molar-refractivity contribution in [1.29, 1.82) is 5.26 Å². The van der Waals surface area contributed by atoms with Crippen molar-refractivity contribution in [1.82, 2.24) is 14.8 Å². The van der Waals surface area contributed by atoms with Crippen molar-refractivity contribution in [3.63, 3.8) is 0 Å². The van der Waals surface area contributed by atoms with Crippen LogP contribution in [0.3, 0.4) is 0 Å². The maximum atomic E-state index is 12.1. The Morgan fingerprint density at radius 3 is 2.86 bits per heavy atom. The van der Waals surface area contributed by atoms with Crippen molar-refractivity contribution in [3.05, 3.63) is 50.7 Å². The Labute approximate surface area is 131 Å². The predicted octanol–water partition coefficient (Wildman–Crippen LogP) is 1.42. The molecule has 112 valence electrons. The smallest absolute Gasteiger partial charge is 0.285 e. The lowest BCUT2D eigenvalue weighted by molar-refractivity contribution is -0.117. The van der Waals surface area contributed by atoms with Crippen LogP contribution >= 0.6 is 11.6 Å². The van der Waals surface area contributed by atoms with Crippen LogP contribution in [0, 0.1) is 25.2 Å². The summed E-state index contributed by atoms with van der Waals surface area (Å²) in [6.07, 6.45) is 1.49. The van der Waals surface area contributed by atoms with Crippen LogP contribution in [0.25, 0.3) is 0 Å². The Balaban J connectivity index is 2.27. The minimum absolute atomic E-state index is 0.0142. The van der Waals surface area contributed by atoms with Gasteiger partial charge in [0, 0.05) is 6.20 Å². The van der Waals surface area contributed by atoms with Crippen LogP contribution in [0.4, 0.5) is 5.69 Å². The van der Waals surface area contributed by atoms with Gasteiger partial charge in [-0.05, 0) is 31.5 Å². The monoisotopic (exact) mass is 317 g/mol. The minimum atomic E-state index is -0.599. The van der Waals surface area contributed by atoms with Crippen molar-refractivity contribution in [2.45, 2.75) is 20.4 Å². The molecule has 0 unspecified atom stereocenters. The SMILES string of the molecule is Cc1nn(CC(=O)Nc2cccnc2Cl)c(=O)c(C#N)c1C. The molecular formula is C14H12ClN5O2. The Morgan fingerprint density at radius 1 is 1.50 bits per heavy atom. The molecule has 2 rings (SSSR count). The third kappa shape index (κ3) is 3.13. The standard InChI is InChI=1S/C14H12ClN5O2/c1-8-9(2)19-20(14(22)10(8)6-16)7-12(21)18-11-4-3-5-17-13(11)15/h3-5H,7H2,1-2H3,(H,18,21). The summed E-state index contributed by atoms with van der Waals surface area (Å²) in [5.74, 6) is -0.489. The summed E-state index contributed by atoms with van der Waals surface area (Å²) in [6, 6.07) is 5.05. The molecule has 0 atom stereocenters. The van der Waals surface area contributed by atoms with Gasteiger partial charge in [-0.15, -0.1) is 0 Å². The first kappa shape index (κ1) is 15.7. The number of amides is 1. The number of aryl methyl sites for hydroxylation is 1. The molecule has 1 N–H and O–H groups in total. The Morgan fingerprint density at radius 2 is 2.23 bits per heavy atom. The summed E-state index contributed by atoms with van der Waals surface area (Å²) in [7, 11) is 0. The van der Waals surface area contributed by atoms with Crippen LogP contribution in [-0.2, 0) is 11.3 Å². The number of carbonyl (C=O) groups excluding carboxylic acids is 1. The number of nitriles is 1. The predicted molar refractivity (Wildman–Crippen MR) is 80.6 cm³/mol. The molecule has 0 aliphatic rings. The molecule has 0 spiro atoms. The van der Waals surface area contributed by atoms with E-state index in [2.05, 4.69) is 15.4 Å². The number of halogens is 1. The largest absolute Gasteiger partial charge is 0.322 e. The van der Waals surface area contributed by atoms with E-state index >= 15 is 0 Å². The van der Waals surface area contributed by atoms with Crippen molar-refractivity contribution in [2.75, 3.05) is 5.32 Å². The van der Waals surface area contributed by atoms with E-state index < -0.39 is 11.5 Å². The van der Waals surface area contributed by atoms with Gasteiger partial charge < -0.3 is 5.32 Å². The van der Waals surface area contributed by atoms with Crippen molar-refractivity contribution in [3.8, 4) is 6.07 Å². The molecule has 1 amide bonds. The summed E-state index contributed by atoms with van der Waals surface area (Å²) in [5, 5.41) is 15.8. The quantitative estimate of drug-likeness (QED) is 0.863. The fourth-order valence-electron chi connectivity index (χ4n) is 1.82. The van der Waals surface area contributed by atoms with Gasteiger partial charge in [0.25, 0.3) is 5.56 Å². The highest BCUT2D eigenvalue weighted by molar-refractivity contribution is 6.32. The number of hydrogen-bond acceptors (Lipinski definition) is 5. The highest BCUT2D eigenvalue weighted by Gasteiger charge is 2.14. The molecule has 7 nitrogen and oxygen atoms in total. The molecule has 0 saturated carbocycles. The van der Waals surface area contributed by atoms with Gasteiger partial charge in [-0.2, -0.15) is 10.4 Å². The van der Waals surface area contributed by atoms with Crippen molar-refractivity contribution < 1.29 is 4.79 Å². The second kappa shape index (κ2) is 6.37. The second-order valence-electron chi connectivity index (χ2n) is 4.55. The van der Waals surface area contributed by atoms with Crippen LogP contribution in [0.5, 0.6) is 0 Å². The molecule has 0 radical (unpaired) electrons. The van der Waals surface area contributed by atoms with Gasteiger partial charge >= 0.3 is 0 Å². The van der Waals surface area contributed by atoms with Crippen LogP contribution in [0.1, 0.15) is 16.8 Å². The Kier molecular flexibility index (Phi) is 4.53. The summed E-state index contributed by atoms with van der Waals surface area (Å²) in [4.78, 5) is 27.9. The number of aromatic nitrogens is 3. The number of anilines is 1. The molecule has 0 bridgehead atoms. The van der Waals surface area contributed by atoms with E-state index in [-0.39, 0.29) is 17.3 Å². The molecule has 2 aromatic heterocycles. The summed E-state index contributed by atoms with van der Waals surface area (Å²) >= 11 is 5.84. The van der Waals surface area contributed by atoms with E-state index in [1.54, 1.807) is 26.0 Å². The number of nitrogens with zero attached hydrogens (tertiary/aromatic N) is 4. The van der Waals surface area contributed by atoms with Gasteiger partial charge in [0.2, 0.25) is 5.91 Å². The molecule has 0 fully saturated rings. The fourth-order valence-corrected chi connectivity index (χ4v) is 1.98. The maximum absolute atomic E-state index is 12.1. The number of carbonyl (C=O) groups is 1. The zero-order valence-corrected chi connectivity index (χ0v) is 12.7. The molecular weight excluding hydrogens is 306 g/mol. The third-order valence-electron chi connectivity index (χ3n) is 3.08. The molecule has 22 heavy (non-hydrogen) atoms. The molecule has 0 saturated heterocycles. The van der Waals surface area contributed by atoms with Gasteiger partial charge in [-0.25, -0.2) is 9.67 Å². The average Bonchev–Trinajstić information content (AvgIpc) is 2.48. The van der Waals surface area contributed by atoms with Gasteiger partial charge in [0.05, 0.1) is 11.4 Å². The first-order chi connectivity index (χ1) is 10.4. The lowest BCUT2D eigenvalue weighted by Crippen LogP contribution is -2.32. The first-order valence-electron chi connectivity index (χ1n) is 6.32. The van der Waals surface area contributed by atoms with E-state index in [0.29, 0.717) is 16.9 Å².